The highest BCUT2D eigenvalue weighted by Crippen LogP contribution is 2.20. The molecule has 1 unspecified atom stereocenters. The highest BCUT2D eigenvalue weighted by atomic mass is 35.5. The predicted molar refractivity (Wildman–Crippen MR) is 67.0 cm³/mol. The first-order chi connectivity index (χ1) is 9.37. The van der Waals surface area contributed by atoms with Crippen molar-refractivity contribution in [2.24, 2.45) is 5.92 Å². The molecule has 1 saturated heterocycles. The first kappa shape index (κ1) is 15.1. The summed E-state index contributed by atoms with van der Waals surface area (Å²) >= 11 is 5.78. The molecule has 0 saturated carbocycles. The van der Waals surface area contributed by atoms with Crippen LogP contribution in [0.25, 0.3) is 0 Å². The van der Waals surface area contributed by atoms with Gasteiger partial charge in [-0.25, -0.2) is 4.68 Å². The highest BCUT2D eigenvalue weighted by Gasteiger charge is 2.29. The molecule has 20 heavy (non-hydrogen) atoms. The molecule has 0 bridgehead atoms. The Morgan fingerprint density at radius 3 is 2.90 bits per heavy atom. The number of rotatable bonds is 4. The fourth-order valence-corrected chi connectivity index (χ4v) is 2.08. The predicted octanol–water partition coefficient (Wildman–Crippen LogP) is 1.91. The number of anilines is 1. The molecule has 0 aromatic carbocycles. The van der Waals surface area contributed by atoms with Gasteiger partial charge in [-0.3, -0.25) is 4.79 Å². The van der Waals surface area contributed by atoms with Crippen molar-refractivity contribution in [2.45, 2.75) is 19.1 Å². The van der Waals surface area contributed by atoms with Crippen molar-refractivity contribution in [3.8, 4) is 0 Å². The number of nitrogens with zero attached hydrogens (tertiary/aromatic N) is 2. The molecular weight excluding hydrogens is 299 g/mol. The van der Waals surface area contributed by atoms with E-state index in [1.54, 1.807) is 0 Å². The van der Waals surface area contributed by atoms with Gasteiger partial charge in [-0.15, -0.1) is 0 Å². The van der Waals surface area contributed by atoms with Crippen molar-refractivity contribution < 1.29 is 17.9 Å². The van der Waals surface area contributed by atoms with Crippen molar-refractivity contribution in [3.63, 3.8) is 0 Å². The third kappa shape index (κ3) is 3.86. The van der Waals surface area contributed by atoms with E-state index < -0.39 is 18.3 Å². The Balaban J connectivity index is 2.07. The molecule has 1 aliphatic rings. The van der Waals surface area contributed by atoms with E-state index in [0.717, 1.165) is 12.6 Å². The second kappa shape index (κ2) is 6.01. The summed E-state index contributed by atoms with van der Waals surface area (Å²) in [5.74, 6) is 0.295. The Hall–Kier alpha value is -1.28. The summed E-state index contributed by atoms with van der Waals surface area (Å²) in [5, 5.41) is 6.10. The van der Waals surface area contributed by atoms with Crippen LogP contribution in [0.3, 0.4) is 0 Å². The minimum absolute atomic E-state index is 0.238. The zero-order chi connectivity index (χ0) is 14.8. The van der Waals surface area contributed by atoms with E-state index in [1.165, 1.54) is 0 Å². The van der Waals surface area contributed by atoms with Crippen molar-refractivity contribution in [1.82, 2.24) is 9.78 Å². The second-order valence-electron chi connectivity index (χ2n) is 4.56. The van der Waals surface area contributed by atoms with Crippen LogP contribution in [0.5, 0.6) is 0 Å². The lowest BCUT2D eigenvalue weighted by Crippen LogP contribution is -2.31. The minimum atomic E-state index is -4.52. The van der Waals surface area contributed by atoms with Crippen LogP contribution in [0.2, 0.25) is 5.02 Å². The summed E-state index contributed by atoms with van der Waals surface area (Å²) in [6, 6.07) is 0. The third-order valence-corrected chi connectivity index (χ3v) is 3.28. The second-order valence-corrected chi connectivity index (χ2v) is 4.94. The van der Waals surface area contributed by atoms with Gasteiger partial charge in [-0.05, 0) is 6.42 Å². The van der Waals surface area contributed by atoms with Crippen LogP contribution >= 0.6 is 11.6 Å². The Kier molecular flexibility index (Phi) is 4.54. The van der Waals surface area contributed by atoms with Gasteiger partial charge in [0.2, 0.25) is 0 Å². The number of hydrogen-bond acceptors (Lipinski definition) is 4. The molecule has 1 N–H and O–H groups in total. The van der Waals surface area contributed by atoms with Crippen LogP contribution in [0.1, 0.15) is 6.42 Å². The van der Waals surface area contributed by atoms with Gasteiger partial charge in [0.15, 0.2) is 0 Å². The molecule has 9 heteroatoms. The average molecular weight is 312 g/mol. The van der Waals surface area contributed by atoms with Gasteiger partial charge in [-0.1, -0.05) is 11.6 Å². The third-order valence-electron chi connectivity index (χ3n) is 2.92. The van der Waals surface area contributed by atoms with E-state index in [9.17, 15) is 18.0 Å². The molecule has 1 aromatic rings. The van der Waals surface area contributed by atoms with Gasteiger partial charge in [0, 0.05) is 19.1 Å². The molecule has 1 aliphatic heterocycles. The molecule has 2 rings (SSSR count). The molecular formula is C11H13ClF3N3O2. The van der Waals surface area contributed by atoms with E-state index in [0.29, 0.717) is 30.4 Å². The zero-order valence-corrected chi connectivity index (χ0v) is 11.2. The molecule has 1 fully saturated rings. The maximum Gasteiger partial charge on any atom is 0.408 e. The summed E-state index contributed by atoms with van der Waals surface area (Å²) in [4.78, 5) is 11.7. The van der Waals surface area contributed by atoms with Crippen LogP contribution in [0.4, 0.5) is 18.9 Å². The lowest BCUT2D eigenvalue weighted by Gasteiger charge is -2.13. The smallest absolute Gasteiger partial charge is 0.382 e. The molecule has 0 aliphatic carbocycles. The first-order valence-electron chi connectivity index (χ1n) is 6.01. The van der Waals surface area contributed by atoms with Crippen LogP contribution in [0, 0.1) is 5.92 Å². The fraction of sp³-hybridized carbons (Fsp3) is 0.636. The first-order valence-corrected chi connectivity index (χ1v) is 6.38. The largest absolute Gasteiger partial charge is 0.408 e. The molecule has 0 radical (unpaired) electrons. The lowest BCUT2D eigenvalue weighted by molar-refractivity contribution is -0.143. The van der Waals surface area contributed by atoms with E-state index in [4.69, 9.17) is 16.3 Å². The van der Waals surface area contributed by atoms with Crippen LogP contribution in [0.15, 0.2) is 11.0 Å². The lowest BCUT2D eigenvalue weighted by atomic mass is 10.1. The maximum atomic E-state index is 12.2. The van der Waals surface area contributed by atoms with E-state index in [2.05, 4.69) is 10.4 Å². The number of nitrogens with one attached hydrogen (secondary N) is 1. The quantitative estimate of drug-likeness (QED) is 0.923. The van der Waals surface area contributed by atoms with Crippen LogP contribution in [-0.2, 0) is 11.3 Å². The van der Waals surface area contributed by atoms with E-state index in [1.807, 2.05) is 0 Å². The highest BCUT2D eigenvalue weighted by molar-refractivity contribution is 6.32. The van der Waals surface area contributed by atoms with Gasteiger partial charge in [0.1, 0.15) is 11.6 Å². The average Bonchev–Trinajstić information content (AvgIpc) is 2.86. The van der Waals surface area contributed by atoms with Gasteiger partial charge >= 0.3 is 6.18 Å². The molecule has 2 heterocycles. The summed E-state index contributed by atoms with van der Waals surface area (Å²) in [6.07, 6.45) is -2.50. The Morgan fingerprint density at radius 1 is 1.55 bits per heavy atom. The molecule has 1 aromatic heterocycles. The normalized spacial score (nSPS) is 19.3. The Bertz CT molecular complexity index is 527. The van der Waals surface area contributed by atoms with E-state index >= 15 is 0 Å². The topological polar surface area (TPSA) is 56.1 Å². The number of aromatic nitrogens is 2. The van der Waals surface area contributed by atoms with Crippen molar-refractivity contribution in [1.29, 1.82) is 0 Å². The van der Waals surface area contributed by atoms with Crippen molar-refractivity contribution in [3.05, 3.63) is 21.6 Å². The number of hydrogen-bond donors (Lipinski definition) is 1. The number of alkyl halides is 3. The van der Waals surface area contributed by atoms with Gasteiger partial charge in [0.05, 0.1) is 18.5 Å². The Morgan fingerprint density at radius 2 is 2.30 bits per heavy atom. The van der Waals surface area contributed by atoms with Crippen molar-refractivity contribution in [2.75, 3.05) is 25.1 Å². The molecule has 112 valence electrons. The summed E-state index contributed by atoms with van der Waals surface area (Å²) in [6.45, 7) is 0.376. The summed E-state index contributed by atoms with van der Waals surface area (Å²) < 4.78 is 42.2. The Labute approximate surface area is 117 Å². The molecule has 0 spiro atoms. The number of halogens is 4. The fourth-order valence-electron chi connectivity index (χ4n) is 1.87. The molecule has 5 nitrogen and oxygen atoms in total. The van der Waals surface area contributed by atoms with E-state index in [-0.39, 0.29) is 10.7 Å². The van der Waals surface area contributed by atoms with Gasteiger partial charge < -0.3 is 10.1 Å². The van der Waals surface area contributed by atoms with Crippen LogP contribution < -0.4 is 10.9 Å². The van der Waals surface area contributed by atoms with Crippen LogP contribution in [-0.4, -0.2) is 35.7 Å². The maximum absolute atomic E-state index is 12.2. The summed E-state index contributed by atoms with van der Waals surface area (Å²) in [5.41, 5.74) is -0.723. The number of ether oxygens (including phenoxy) is 1. The van der Waals surface area contributed by atoms with Gasteiger partial charge in [0.25, 0.3) is 5.56 Å². The molecule has 1 atom stereocenters. The zero-order valence-electron chi connectivity index (χ0n) is 10.4. The minimum Gasteiger partial charge on any atom is -0.382 e. The molecule has 0 amide bonds. The van der Waals surface area contributed by atoms with Gasteiger partial charge in [-0.2, -0.15) is 18.3 Å². The SMILES string of the molecule is O=c1c(Cl)c(NCC2CCOC2)cnn1CC(F)(F)F. The monoisotopic (exact) mass is 311 g/mol. The summed E-state index contributed by atoms with van der Waals surface area (Å²) in [7, 11) is 0. The standard InChI is InChI=1S/C11H13ClF3N3O2/c12-9-8(16-3-7-1-2-20-5-7)4-17-18(10(9)19)6-11(13,14)15/h4,7,16H,1-3,5-6H2. The van der Waals surface area contributed by atoms with Crippen molar-refractivity contribution >= 4 is 17.3 Å².